The molecule has 0 fully saturated rings. The van der Waals surface area contributed by atoms with E-state index in [2.05, 4.69) is 0 Å². The van der Waals surface area contributed by atoms with E-state index in [0.29, 0.717) is 18.7 Å². The Labute approximate surface area is 120 Å². The number of aryl methyl sites for hydroxylation is 1. The zero-order chi connectivity index (χ0) is 14.6. The van der Waals surface area contributed by atoms with Gasteiger partial charge in [0.05, 0.1) is 10.7 Å². The summed E-state index contributed by atoms with van der Waals surface area (Å²) < 4.78 is 26.5. The normalized spacial score (nSPS) is 13.0. The zero-order valence-electron chi connectivity index (χ0n) is 11.5. The van der Waals surface area contributed by atoms with Gasteiger partial charge in [-0.1, -0.05) is 36.8 Å². The summed E-state index contributed by atoms with van der Waals surface area (Å²) in [7, 11) is -3.56. The van der Waals surface area contributed by atoms with Gasteiger partial charge < -0.3 is 5.73 Å². The molecule has 0 saturated heterocycles. The number of rotatable bonds is 6. The third-order valence-corrected chi connectivity index (χ3v) is 5.79. The second-order valence-corrected chi connectivity index (χ2v) is 6.86. The van der Waals surface area contributed by atoms with E-state index in [-0.39, 0.29) is 4.99 Å². The fourth-order valence-corrected chi connectivity index (χ4v) is 4.26. The highest BCUT2D eigenvalue weighted by atomic mass is 32.2. The second kappa shape index (κ2) is 6.34. The van der Waals surface area contributed by atoms with Gasteiger partial charge in [-0.05, 0) is 32.4 Å². The third-order valence-electron chi connectivity index (χ3n) is 2.96. The van der Waals surface area contributed by atoms with E-state index in [1.165, 1.54) is 4.31 Å². The van der Waals surface area contributed by atoms with Crippen molar-refractivity contribution in [1.82, 2.24) is 0 Å². The molecule has 106 valence electrons. The first kappa shape index (κ1) is 15.9. The lowest BCUT2D eigenvalue weighted by molar-refractivity contribution is 0.585. The summed E-state index contributed by atoms with van der Waals surface area (Å²) in [5, 5.41) is -0.816. The second-order valence-electron chi connectivity index (χ2n) is 4.34. The van der Waals surface area contributed by atoms with Gasteiger partial charge in [-0.2, -0.15) is 0 Å². The SMILES string of the molecule is CCC(C(N)=S)S(=O)(=O)N(CC)c1ccc(C)cc1. The molecule has 0 amide bonds. The van der Waals surface area contributed by atoms with E-state index >= 15 is 0 Å². The summed E-state index contributed by atoms with van der Waals surface area (Å²) in [4.78, 5) is 0.0214. The summed E-state index contributed by atoms with van der Waals surface area (Å²) in [6.07, 6.45) is 0.375. The van der Waals surface area contributed by atoms with Crippen molar-refractivity contribution in [1.29, 1.82) is 0 Å². The van der Waals surface area contributed by atoms with Gasteiger partial charge in [0.2, 0.25) is 10.0 Å². The zero-order valence-corrected chi connectivity index (χ0v) is 13.1. The Morgan fingerprint density at radius 3 is 2.21 bits per heavy atom. The first-order valence-electron chi connectivity index (χ1n) is 6.22. The van der Waals surface area contributed by atoms with Crippen LogP contribution in [0.1, 0.15) is 25.8 Å². The van der Waals surface area contributed by atoms with Crippen molar-refractivity contribution in [2.24, 2.45) is 5.73 Å². The number of sulfonamides is 1. The minimum absolute atomic E-state index is 0.0214. The van der Waals surface area contributed by atoms with Gasteiger partial charge in [0.15, 0.2) is 0 Å². The maximum Gasteiger partial charge on any atom is 0.244 e. The lowest BCUT2D eigenvalue weighted by Crippen LogP contribution is -2.44. The van der Waals surface area contributed by atoms with Crippen molar-refractivity contribution >= 4 is 32.9 Å². The molecule has 0 aliphatic carbocycles. The molecular weight excluding hydrogens is 280 g/mol. The van der Waals surface area contributed by atoms with Crippen LogP contribution in [0.5, 0.6) is 0 Å². The predicted octanol–water partition coefficient (Wildman–Crippen LogP) is 2.22. The monoisotopic (exact) mass is 300 g/mol. The van der Waals surface area contributed by atoms with Crippen LogP contribution in [0.4, 0.5) is 5.69 Å². The molecular formula is C13H20N2O2S2. The van der Waals surface area contributed by atoms with Crippen molar-refractivity contribution in [2.75, 3.05) is 10.8 Å². The Bertz CT molecular complexity index is 538. The van der Waals surface area contributed by atoms with Crippen molar-refractivity contribution < 1.29 is 8.42 Å². The molecule has 0 aliphatic rings. The lowest BCUT2D eigenvalue weighted by atomic mass is 10.2. The van der Waals surface area contributed by atoms with Crippen LogP contribution in [0.3, 0.4) is 0 Å². The third kappa shape index (κ3) is 3.45. The Hall–Kier alpha value is -1.14. The topological polar surface area (TPSA) is 63.4 Å². The van der Waals surface area contributed by atoms with Gasteiger partial charge in [0, 0.05) is 6.54 Å². The van der Waals surface area contributed by atoms with Crippen molar-refractivity contribution in [3.63, 3.8) is 0 Å². The van der Waals surface area contributed by atoms with E-state index < -0.39 is 15.3 Å². The number of nitrogens with two attached hydrogens (primary N) is 1. The molecule has 19 heavy (non-hydrogen) atoms. The molecule has 1 atom stereocenters. The van der Waals surface area contributed by atoms with Crippen molar-refractivity contribution in [3.8, 4) is 0 Å². The lowest BCUT2D eigenvalue weighted by Gasteiger charge is -2.27. The van der Waals surface area contributed by atoms with Gasteiger partial charge in [0.25, 0.3) is 0 Å². The Balaban J connectivity index is 3.22. The van der Waals surface area contributed by atoms with Gasteiger partial charge >= 0.3 is 0 Å². The predicted molar refractivity (Wildman–Crippen MR) is 84.0 cm³/mol. The maximum atomic E-state index is 12.6. The summed E-state index contributed by atoms with van der Waals surface area (Å²) in [5.41, 5.74) is 7.28. The molecule has 0 aliphatic heterocycles. The number of thiocarbonyl (C=S) groups is 1. The van der Waals surface area contributed by atoms with Crippen LogP contribution < -0.4 is 10.0 Å². The van der Waals surface area contributed by atoms with E-state index in [4.69, 9.17) is 18.0 Å². The van der Waals surface area contributed by atoms with Crippen LogP contribution in [0.15, 0.2) is 24.3 Å². The molecule has 1 aromatic rings. The van der Waals surface area contributed by atoms with Crippen molar-refractivity contribution in [2.45, 2.75) is 32.4 Å². The van der Waals surface area contributed by atoms with Gasteiger partial charge in [0.1, 0.15) is 5.25 Å². The summed E-state index contributed by atoms with van der Waals surface area (Å²) in [6, 6.07) is 7.36. The fraction of sp³-hybridized carbons (Fsp3) is 0.462. The molecule has 0 radical (unpaired) electrons. The van der Waals surface area contributed by atoms with Crippen LogP contribution in [0, 0.1) is 6.92 Å². The minimum Gasteiger partial charge on any atom is -0.392 e. The highest BCUT2D eigenvalue weighted by Gasteiger charge is 2.32. The van der Waals surface area contributed by atoms with Crippen LogP contribution >= 0.6 is 12.2 Å². The van der Waals surface area contributed by atoms with E-state index in [9.17, 15) is 8.42 Å². The van der Waals surface area contributed by atoms with Crippen LogP contribution in [-0.4, -0.2) is 25.2 Å². The molecule has 0 spiro atoms. The molecule has 2 N–H and O–H groups in total. The fourth-order valence-electron chi connectivity index (χ4n) is 1.93. The summed E-state index contributed by atoms with van der Waals surface area (Å²) in [6.45, 7) is 5.87. The average molecular weight is 300 g/mol. The van der Waals surface area contributed by atoms with Gasteiger partial charge in [-0.3, -0.25) is 4.31 Å². The smallest absolute Gasteiger partial charge is 0.244 e. The minimum atomic E-state index is -3.56. The van der Waals surface area contributed by atoms with Crippen LogP contribution in [0.25, 0.3) is 0 Å². The number of nitrogens with zero attached hydrogens (tertiary/aromatic N) is 1. The Morgan fingerprint density at radius 1 is 1.32 bits per heavy atom. The molecule has 0 heterocycles. The van der Waals surface area contributed by atoms with Gasteiger partial charge in [-0.25, -0.2) is 8.42 Å². The standard InChI is InChI=1S/C13H20N2O2S2/c1-4-12(13(14)18)19(16,17)15(5-2)11-8-6-10(3)7-9-11/h6-9,12H,4-5H2,1-3H3,(H2,14,18). The largest absolute Gasteiger partial charge is 0.392 e. The summed E-state index contributed by atoms with van der Waals surface area (Å²) >= 11 is 4.87. The first-order valence-corrected chi connectivity index (χ1v) is 8.13. The number of hydrogen-bond acceptors (Lipinski definition) is 3. The van der Waals surface area contributed by atoms with Crippen LogP contribution in [0.2, 0.25) is 0 Å². The molecule has 1 aromatic carbocycles. The number of anilines is 1. The van der Waals surface area contributed by atoms with E-state index in [1.54, 1.807) is 26.0 Å². The quantitative estimate of drug-likeness (QED) is 0.818. The molecule has 0 bridgehead atoms. The molecule has 0 aromatic heterocycles. The maximum absolute atomic E-state index is 12.6. The van der Waals surface area contributed by atoms with Crippen LogP contribution in [-0.2, 0) is 10.0 Å². The highest BCUT2D eigenvalue weighted by Crippen LogP contribution is 2.22. The molecule has 1 rings (SSSR count). The van der Waals surface area contributed by atoms with Gasteiger partial charge in [-0.15, -0.1) is 0 Å². The molecule has 4 nitrogen and oxygen atoms in total. The van der Waals surface area contributed by atoms with E-state index in [0.717, 1.165) is 5.56 Å². The Kier molecular flexibility index (Phi) is 5.31. The first-order chi connectivity index (χ1) is 8.84. The van der Waals surface area contributed by atoms with Crippen molar-refractivity contribution in [3.05, 3.63) is 29.8 Å². The average Bonchev–Trinajstić information content (AvgIpc) is 2.32. The summed E-state index contributed by atoms with van der Waals surface area (Å²) in [5.74, 6) is 0. The molecule has 0 saturated carbocycles. The van der Waals surface area contributed by atoms with E-state index in [1.807, 2.05) is 19.1 Å². The highest BCUT2D eigenvalue weighted by molar-refractivity contribution is 7.95. The Morgan fingerprint density at radius 2 is 1.84 bits per heavy atom. The molecule has 1 unspecified atom stereocenters. The number of benzene rings is 1. The number of hydrogen-bond donors (Lipinski definition) is 1. The molecule has 6 heteroatoms.